The Morgan fingerprint density at radius 3 is 2.88 bits per heavy atom. The molecule has 0 aliphatic carbocycles. The summed E-state index contributed by atoms with van der Waals surface area (Å²) in [5, 5.41) is 16.5. The first-order valence-corrected chi connectivity index (χ1v) is 11.1. The van der Waals surface area contributed by atoms with Crippen molar-refractivity contribution in [2.75, 3.05) is 5.32 Å². The Hall–Kier alpha value is -3.55. The molecule has 0 spiro atoms. The molecular weight excluding hydrogens is 404 g/mol. The lowest BCUT2D eigenvalue weighted by Crippen LogP contribution is -2.14. The molecule has 32 heavy (non-hydrogen) atoms. The van der Waals surface area contributed by atoms with E-state index in [2.05, 4.69) is 30.2 Å². The minimum atomic E-state index is -0.220. The highest BCUT2D eigenvalue weighted by Gasteiger charge is 2.21. The predicted molar refractivity (Wildman–Crippen MR) is 122 cm³/mol. The zero-order valence-electron chi connectivity index (χ0n) is 18.6. The van der Waals surface area contributed by atoms with Gasteiger partial charge in [0.15, 0.2) is 5.82 Å². The Morgan fingerprint density at radius 1 is 1.16 bits per heavy atom. The van der Waals surface area contributed by atoms with Crippen LogP contribution in [0, 0.1) is 6.92 Å². The highest BCUT2D eigenvalue weighted by atomic mass is 16.5. The number of pyridine rings is 1. The van der Waals surface area contributed by atoms with Crippen molar-refractivity contribution in [3.63, 3.8) is 0 Å². The summed E-state index contributed by atoms with van der Waals surface area (Å²) in [6, 6.07) is 9.58. The average molecular weight is 431 g/mol. The van der Waals surface area contributed by atoms with E-state index < -0.39 is 0 Å². The third-order valence-electron chi connectivity index (χ3n) is 5.96. The summed E-state index contributed by atoms with van der Waals surface area (Å²) < 4.78 is 7.56. The maximum absolute atomic E-state index is 13.3. The molecule has 1 aliphatic heterocycles. The van der Waals surface area contributed by atoms with Crippen molar-refractivity contribution in [3.8, 4) is 11.4 Å². The number of carbonyl (C=O) groups excluding carboxylic acids is 1. The number of aromatic nitrogens is 5. The van der Waals surface area contributed by atoms with E-state index in [1.165, 1.54) is 6.42 Å². The van der Waals surface area contributed by atoms with E-state index in [-0.39, 0.29) is 11.8 Å². The topological polar surface area (TPSA) is 98.7 Å². The molecular formula is C24H26N6O2. The number of fused-ring (bicyclic) bond motifs is 2. The summed E-state index contributed by atoms with van der Waals surface area (Å²) >= 11 is 0. The van der Waals surface area contributed by atoms with Gasteiger partial charge in [-0.3, -0.25) is 4.79 Å². The maximum Gasteiger partial charge on any atom is 0.259 e. The van der Waals surface area contributed by atoms with E-state index in [0.29, 0.717) is 28.0 Å². The number of amides is 1. The van der Waals surface area contributed by atoms with Crippen molar-refractivity contribution in [3.05, 3.63) is 53.1 Å². The number of aryl methyl sites for hydroxylation is 2. The molecule has 0 atom stereocenters. The molecule has 5 rings (SSSR count). The lowest BCUT2D eigenvalue weighted by Gasteiger charge is -2.11. The predicted octanol–water partition coefficient (Wildman–Crippen LogP) is 4.89. The lowest BCUT2D eigenvalue weighted by atomic mass is 10.0. The highest BCUT2D eigenvalue weighted by molar-refractivity contribution is 6.12. The molecule has 1 amide bonds. The zero-order valence-corrected chi connectivity index (χ0v) is 18.6. The number of nitrogens with zero attached hydrogens (tertiary/aromatic N) is 5. The SMILES string of the molecule is Cc1noc2nc(C(C)C)cc(C(=O)Nc3cccc(-c4nnc5n4CCCCC5)c3)c12. The van der Waals surface area contributed by atoms with Crippen LogP contribution in [0.25, 0.3) is 22.5 Å². The van der Waals surface area contributed by atoms with Crippen molar-refractivity contribution in [2.45, 2.75) is 58.9 Å². The minimum Gasteiger partial charge on any atom is -0.336 e. The number of hydrogen-bond donors (Lipinski definition) is 1. The van der Waals surface area contributed by atoms with E-state index in [1.54, 1.807) is 0 Å². The number of hydrogen-bond acceptors (Lipinski definition) is 6. The molecule has 4 aromatic rings. The summed E-state index contributed by atoms with van der Waals surface area (Å²) in [6.45, 7) is 6.80. The van der Waals surface area contributed by atoms with Crippen LogP contribution in [0.4, 0.5) is 5.69 Å². The Labute approximate surface area is 186 Å². The number of carbonyl (C=O) groups is 1. The molecule has 0 saturated heterocycles. The summed E-state index contributed by atoms with van der Waals surface area (Å²) in [6.07, 6.45) is 4.44. The molecule has 4 heterocycles. The fourth-order valence-electron chi connectivity index (χ4n) is 4.22. The van der Waals surface area contributed by atoms with Gasteiger partial charge in [0.25, 0.3) is 11.6 Å². The molecule has 0 bridgehead atoms. The van der Waals surface area contributed by atoms with Crippen LogP contribution in [0.5, 0.6) is 0 Å². The molecule has 0 fully saturated rings. The van der Waals surface area contributed by atoms with Crippen LogP contribution < -0.4 is 5.32 Å². The van der Waals surface area contributed by atoms with Crippen LogP contribution in [-0.4, -0.2) is 30.8 Å². The largest absolute Gasteiger partial charge is 0.336 e. The molecule has 0 radical (unpaired) electrons. The molecule has 3 aromatic heterocycles. The first-order valence-electron chi connectivity index (χ1n) is 11.1. The minimum absolute atomic E-state index is 0.155. The summed E-state index contributed by atoms with van der Waals surface area (Å²) in [7, 11) is 0. The number of nitrogens with one attached hydrogen (secondary N) is 1. The van der Waals surface area contributed by atoms with Gasteiger partial charge >= 0.3 is 0 Å². The van der Waals surface area contributed by atoms with Gasteiger partial charge in [0.05, 0.1) is 16.6 Å². The quantitative estimate of drug-likeness (QED) is 0.495. The van der Waals surface area contributed by atoms with Gasteiger partial charge in [-0.25, -0.2) is 4.98 Å². The fraction of sp³-hybridized carbons (Fsp3) is 0.375. The van der Waals surface area contributed by atoms with Crippen LogP contribution in [-0.2, 0) is 13.0 Å². The normalized spacial score (nSPS) is 13.9. The van der Waals surface area contributed by atoms with E-state index >= 15 is 0 Å². The molecule has 8 nitrogen and oxygen atoms in total. The van der Waals surface area contributed by atoms with Crippen molar-refractivity contribution in [1.29, 1.82) is 0 Å². The molecule has 1 aromatic carbocycles. The van der Waals surface area contributed by atoms with E-state index in [1.807, 2.05) is 51.1 Å². The maximum atomic E-state index is 13.3. The van der Waals surface area contributed by atoms with Gasteiger partial charge in [-0.2, -0.15) is 0 Å². The highest BCUT2D eigenvalue weighted by Crippen LogP contribution is 2.28. The van der Waals surface area contributed by atoms with Gasteiger partial charge in [-0.1, -0.05) is 37.6 Å². The average Bonchev–Trinajstić information content (AvgIpc) is 3.28. The smallest absolute Gasteiger partial charge is 0.259 e. The second-order valence-corrected chi connectivity index (χ2v) is 8.63. The standard InChI is InChI=1S/C24H26N6O2/c1-14(2)19-13-18(21-15(3)29-32-24(21)26-19)23(31)25-17-9-7-8-16(12-17)22-28-27-20-10-5-4-6-11-30(20)22/h7-9,12-14H,4-6,10-11H2,1-3H3,(H,25,31). The summed E-state index contributed by atoms with van der Waals surface area (Å²) in [5.74, 6) is 1.82. The third-order valence-corrected chi connectivity index (χ3v) is 5.96. The number of benzene rings is 1. The number of anilines is 1. The van der Waals surface area contributed by atoms with Crippen molar-refractivity contribution >= 4 is 22.7 Å². The summed E-state index contributed by atoms with van der Waals surface area (Å²) in [4.78, 5) is 17.8. The zero-order chi connectivity index (χ0) is 22.2. The van der Waals surface area contributed by atoms with Gasteiger partial charge < -0.3 is 14.4 Å². The number of rotatable bonds is 4. The second-order valence-electron chi connectivity index (χ2n) is 8.63. The molecule has 0 saturated carbocycles. The molecule has 1 aliphatic rings. The Balaban J connectivity index is 1.48. The van der Waals surface area contributed by atoms with Crippen LogP contribution in [0.3, 0.4) is 0 Å². The van der Waals surface area contributed by atoms with Crippen molar-refractivity contribution in [2.24, 2.45) is 0 Å². The van der Waals surface area contributed by atoms with Gasteiger partial charge in [-0.15, -0.1) is 10.2 Å². The Kier molecular flexibility index (Phi) is 5.20. The Bertz CT molecular complexity index is 1300. The van der Waals surface area contributed by atoms with Crippen molar-refractivity contribution < 1.29 is 9.32 Å². The first kappa shape index (κ1) is 20.4. The third kappa shape index (κ3) is 3.66. The summed E-state index contributed by atoms with van der Waals surface area (Å²) in [5.41, 5.74) is 3.97. The van der Waals surface area contributed by atoms with E-state index in [9.17, 15) is 4.79 Å². The van der Waals surface area contributed by atoms with E-state index in [4.69, 9.17) is 4.52 Å². The monoisotopic (exact) mass is 430 g/mol. The lowest BCUT2D eigenvalue weighted by molar-refractivity contribution is 0.102. The second kappa shape index (κ2) is 8.18. The first-order chi connectivity index (χ1) is 15.5. The molecule has 1 N–H and O–H groups in total. The van der Waals surface area contributed by atoms with E-state index in [0.717, 1.165) is 48.7 Å². The molecule has 0 unspecified atom stereocenters. The molecule has 164 valence electrons. The van der Waals surface area contributed by atoms with Gasteiger partial charge in [-0.05, 0) is 43.9 Å². The van der Waals surface area contributed by atoms with Gasteiger partial charge in [0.2, 0.25) is 0 Å². The fourth-order valence-corrected chi connectivity index (χ4v) is 4.22. The van der Waals surface area contributed by atoms with Crippen LogP contribution in [0.2, 0.25) is 0 Å². The van der Waals surface area contributed by atoms with Gasteiger partial charge in [0.1, 0.15) is 5.82 Å². The van der Waals surface area contributed by atoms with Gasteiger partial charge in [0, 0.05) is 29.9 Å². The van der Waals surface area contributed by atoms with Crippen LogP contribution in [0.15, 0.2) is 34.9 Å². The van der Waals surface area contributed by atoms with Crippen LogP contribution >= 0.6 is 0 Å². The Morgan fingerprint density at radius 2 is 2.03 bits per heavy atom. The molecule has 8 heteroatoms. The van der Waals surface area contributed by atoms with Crippen molar-refractivity contribution in [1.82, 2.24) is 24.9 Å². The van der Waals surface area contributed by atoms with Crippen LogP contribution in [0.1, 0.15) is 66.6 Å².